The van der Waals surface area contributed by atoms with Crippen LogP contribution in [-0.4, -0.2) is 16.8 Å². The highest BCUT2D eigenvalue weighted by atomic mass is 19.4. The van der Waals surface area contributed by atoms with E-state index < -0.39 is 22.6 Å². The maximum absolute atomic E-state index is 13.8. The number of nitrogens with zero attached hydrogens (tertiary/aromatic N) is 1. The molecule has 8 heteroatoms. The zero-order valence-electron chi connectivity index (χ0n) is 20.5. The monoisotopic (exact) mass is 501 g/mol. The standard InChI is InChI=1S/C28H34F3N3O2/c29-28(30,31)21-7-22(33-24(35)26-9-15-1-16(10-26)3-17(2-15)11-26)32-23(8-21)34-25(36)27-12-18-4-19(13-27)6-20(5-18)14-27/h7-8,15-20H,1-6,9-14H2,(H2,32,33,34,35,36). The quantitative estimate of drug-likeness (QED) is 0.501. The average molecular weight is 502 g/mol. The van der Waals surface area contributed by atoms with Crippen LogP contribution in [0.4, 0.5) is 24.8 Å². The number of carbonyl (C=O) groups excluding carboxylic acids is 2. The van der Waals surface area contributed by atoms with Crippen LogP contribution in [0.1, 0.15) is 82.6 Å². The van der Waals surface area contributed by atoms with Crippen molar-refractivity contribution < 1.29 is 22.8 Å². The van der Waals surface area contributed by atoms with E-state index in [1.165, 1.54) is 38.5 Å². The largest absolute Gasteiger partial charge is 0.416 e. The molecular weight excluding hydrogens is 467 g/mol. The number of halogens is 3. The van der Waals surface area contributed by atoms with Crippen LogP contribution in [-0.2, 0) is 15.8 Å². The first-order chi connectivity index (χ1) is 17.1. The van der Waals surface area contributed by atoms with Gasteiger partial charge in [0.25, 0.3) is 0 Å². The molecule has 8 fully saturated rings. The zero-order valence-corrected chi connectivity index (χ0v) is 20.5. The molecule has 8 aliphatic carbocycles. The second-order valence-electron chi connectivity index (χ2n) is 13.4. The minimum absolute atomic E-state index is 0.119. The van der Waals surface area contributed by atoms with E-state index in [4.69, 9.17) is 0 Å². The fraction of sp³-hybridized carbons (Fsp3) is 0.750. The summed E-state index contributed by atoms with van der Waals surface area (Å²) in [5, 5.41) is 5.52. The minimum atomic E-state index is -4.61. The molecule has 8 aliphatic rings. The minimum Gasteiger partial charge on any atom is -0.310 e. The highest BCUT2D eigenvalue weighted by Gasteiger charge is 2.56. The topological polar surface area (TPSA) is 71.1 Å². The van der Waals surface area contributed by atoms with Crippen LogP contribution in [0.2, 0.25) is 0 Å². The lowest BCUT2D eigenvalue weighted by molar-refractivity contribution is -0.141. The van der Waals surface area contributed by atoms with Crippen molar-refractivity contribution in [2.75, 3.05) is 10.6 Å². The molecule has 2 amide bonds. The molecule has 0 aromatic carbocycles. The van der Waals surface area contributed by atoms with Crippen molar-refractivity contribution >= 4 is 23.5 Å². The second kappa shape index (κ2) is 7.70. The Kier molecular flexibility index (Phi) is 4.93. The van der Waals surface area contributed by atoms with E-state index in [1.54, 1.807) is 0 Å². The van der Waals surface area contributed by atoms with E-state index in [0.717, 1.165) is 50.7 Å². The summed E-state index contributed by atoms with van der Waals surface area (Å²) in [6.45, 7) is 0. The Morgan fingerprint density at radius 2 is 0.972 bits per heavy atom. The molecule has 8 saturated carbocycles. The number of anilines is 2. The number of alkyl halides is 3. The van der Waals surface area contributed by atoms with Crippen LogP contribution in [0.25, 0.3) is 0 Å². The van der Waals surface area contributed by atoms with E-state index in [9.17, 15) is 22.8 Å². The lowest BCUT2D eigenvalue weighted by Gasteiger charge is -2.55. The third-order valence-corrected chi connectivity index (χ3v) is 10.7. The van der Waals surface area contributed by atoms with Gasteiger partial charge in [0, 0.05) is 0 Å². The Labute approximate surface area is 209 Å². The van der Waals surface area contributed by atoms with Gasteiger partial charge in [-0.25, -0.2) is 4.98 Å². The van der Waals surface area contributed by atoms with Crippen molar-refractivity contribution in [3.8, 4) is 0 Å². The maximum atomic E-state index is 13.8. The first-order valence-corrected chi connectivity index (χ1v) is 13.8. The van der Waals surface area contributed by atoms with Gasteiger partial charge >= 0.3 is 6.18 Å². The predicted molar refractivity (Wildman–Crippen MR) is 128 cm³/mol. The molecule has 1 aromatic heterocycles. The molecule has 0 atom stereocenters. The molecular formula is C28H34F3N3O2. The molecule has 5 nitrogen and oxygen atoms in total. The normalized spacial score (nSPS) is 42.0. The highest BCUT2D eigenvalue weighted by molar-refractivity contribution is 5.97. The lowest BCUT2D eigenvalue weighted by Crippen LogP contribution is -2.52. The third kappa shape index (κ3) is 3.76. The summed E-state index contributed by atoms with van der Waals surface area (Å²) in [6.07, 6.45) is 7.36. The Balaban J connectivity index is 1.14. The number of carbonyl (C=O) groups is 2. The summed E-state index contributed by atoms with van der Waals surface area (Å²) in [5.41, 5.74) is -1.89. The maximum Gasteiger partial charge on any atom is 0.416 e. The fourth-order valence-electron chi connectivity index (χ4n) is 10.1. The number of amides is 2. The van der Waals surface area contributed by atoms with Crippen LogP contribution in [0, 0.1) is 46.3 Å². The van der Waals surface area contributed by atoms with E-state index in [1.807, 2.05) is 0 Å². The molecule has 2 N–H and O–H groups in total. The number of hydrogen-bond donors (Lipinski definition) is 2. The van der Waals surface area contributed by atoms with Crippen molar-refractivity contribution in [1.82, 2.24) is 4.98 Å². The first-order valence-electron chi connectivity index (χ1n) is 13.8. The van der Waals surface area contributed by atoms with Crippen LogP contribution < -0.4 is 10.6 Å². The number of hydrogen-bond acceptors (Lipinski definition) is 3. The Bertz CT molecular complexity index is 967. The van der Waals surface area contributed by atoms with Crippen LogP contribution in [0.15, 0.2) is 12.1 Å². The molecule has 0 aliphatic heterocycles. The number of rotatable bonds is 4. The fourth-order valence-corrected chi connectivity index (χ4v) is 10.1. The molecule has 36 heavy (non-hydrogen) atoms. The van der Waals surface area contributed by atoms with Gasteiger partial charge in [-0.15, -0.1) is 0 Å². The van der Waals surface area contributed by atoms with E-state index >= 15 is 0 Å². The van der Waals surface area contributed by atoms with Gasteiger partial charge in [-0.1, -0.05) is 0 Å². The van der Waals surface area contributed by atoms with Gasteiger partial charge in [0.15, 0.2) is 0 Å². The number of nitrogens with one attached hydrogen (secondary N) is 2. The number of pyridine rings is 1. The van der Waals surface area contributed by atoms with Crippen molar-refractivity contribution in [2.45, 2.75) is 83.2 Å². The van der Waals surface area contributed by atoms with Gasteiger partial charge < -0.3 is 10.6 Å². The van der Waals surface area contributed by atoms with Crippen LogP contribution in [0.5, 0.6) is 0 Å². The third-order valence-electron chi connectivity index (χ3n) is 10.7. The molecule has 0 radical (unpaired) electrons. The Morgan fingerprint density at radius 3 is 1.25 bits per heavy atom. The SMILES string of the molecule is O=C(Nc1cc(C(F)(F)F)cc(NC(=O)C23CC4CC(CC(C4)C2)C3)n1)C12CC3CC(CC(C3)C1)C2. The molecule has 0 spiro atoms. The molecule has 8 bridgehead atoms. The predicted octanol–water partition coefficient (Wildman–Crippen LogP) is 6.41. The Morgan fingerprint density at radius 1 is 0.667 bits per heavy atom. The summed E-state index contributed by atoms with van der Waals surface area (Å²) >= 11 is 0. The molecule has 1 heterocycles. The summed E-state index contributed by atoms with van der Waals surface area (Å²) < 4.78 is 41.4. The summed E-state index contributed by atoms with van der Waals surface area (Å²) in [4.78, 5) is 31.3. The van der Waals surface area contributed by atoms with Crippen LogP contribution >= 0.6 is 0 Å². The van der Waals surface area contributed by atoms with E-state index in [0.29, 0.717) is 35.5 Å². The molecule has 1 aromatic rings. The first kappa shape index (κ1) is 23.0. The Hall–Kier alpha value is -2.12. The molecule has 194 valence electrons. The van der Waals surface area contributed by atoms with Gasteiger partial charge in [-0.2, -0.15) is 13.2 Å². The zero-order chi connectivity index (χ0) is 24.9. The lowest BCUT2D eigenvalue weighted by atomic mass is 9.49. The van der Waals surface area contributed by atoms with Gasteiger partial charge in [0.2, 0.25) is 11.8 Å². The van der Waals surface area contributed by atoms with Crippen molar-refractivity contribution in [3.05, 3.63) is 17.7 Å². The average Bonchev–Trinajstić information content (AvgIpc) is 2.76. The highest BCUT2D eigenvalue weighted by Crippen LogP contribution is 2.61. The van der Waals surface area contributed by atoms with Crippen molar-refractivity contribution in [3.63, 3.8) is 0 Å². The molecule has 0 saturated heterocycles. The summed E-state index contributed by atoms with van der Waals surface area (Å²) in [6, 6.07) is 1.80. The summed E-state index contributed by atoms with van der Waals surface area (Å²) in [5.74, 6) is 2.64. The molecule has 9 rings (SSSR count). The summed E-state index contributed by atoms with van der Waals surface area (Å²) in [7, 11) is 0. The number of aromatic nitrogens is 1. The van der Waals surface area contributed by atoms with Gasteiger partial charge in [0.05, 0.1) is 16.4 Å². The molecule has 0 unspecified atom stereocenters. The van der Waals surface area contributed by atoms with Gasteiger partial charge in [-0.05, 0) is 125 Å². The smallest absolute Gasteiger partial charge is 0.310 e. The van der Waals surface area contributed by atoms with Gasteiger partial charge in [-0.3, -0.25) is 9.59 Å². The van der Waals surface area contributed by atoms with Gasteiger partial charge in [0.1, 0.15) is 11.6 Å². The van der Waals surface area contributed by atoms with E-state index in [2.05, 4.69) is 15.6 Å². The van der Waals surface area contributed by atoms with Crippen molar-refractivity contribution in [1.29, 1.82) is 0 Å². The second-order valence-corrected chi connectivity index (χ2v) is 13.4. The van der Waals surface area contributed by atoms with Crippen molar-refractivity contribution in [2.24, 2.45) is 46.3 Å². The van der Waals surface area contributed by atoms with E-state index in [-0.39, 0.29) is 23.5 Å². The van der Waals surface area contributed by atoms with Crippen LogP contribution in [0.3, 0.4) is 0 Å².